The highest BCUT2D eigenvalue weighted by Gasteiger charge is 2.08. The predicted molar refractivity (Wildman–Crippen MR) is 67.1 cm³/mol. The van der Waals surface area contributed by atoms with Crippen LogP contribution in [0.5, 0.6) is 0 Å². The van der Waals surface area contributed by atoms with E-state index in [1.54, 1.807) is 13.3 Å². The van der Waals surface area contributed by atoms with Gasteiger partial charge in [0.25, 0.3) is 0 Å². The number of H-pyrrole nitrogens is 1. The van der Waals surface area contributed by atoms with Crippen molar-refractivity contribution in [3.8, 4) is 0 Å². The lowest BCUT2D eigenvalue weighted by Gasteiger charge is -2.10. The van der Waals surface area contributed by atoms with E-state index in [9.17, 15) is 5.11 Å². The smallest absolute Gasteiger partial charge is 0.224 e. The van der Waals surface area contributed by atoms with Crippen LogP contribution in [-0.4, -0.2) is 51.6 Å². The molecule has 8 nitrogen and oxygen atoms in total. The van der Waals surface area contributed by atoms with Crippen molar-refractivity contribution in [3.05, 3.63) is 6.20 Å². The van der Waals surface area contributed by atoms with Gasteiger partial charge in [0.15, 0.2) is 5.65 Å². The van der Waals surface area contributed by atoms with Gasteiger partial charge in [-0.25, -0.2) is 0 Å². The molecule has 18 heavy (non-hydrogen) atoms. The number of anilines is 2. The summed E-state index contributed by atoms with van der Waals surface area (Å²) in [6.45, 7) is 0.871. The Kier molecular flexibility index (Phi) is 3.90. The molecule has 2 rings (SSSR count). The molecule has 0 spiro atoms. The highest BCUT2D eigenvalue weighted by Crippen LogP contribution is 2.18. The van der Waals surface area contributed by atoms with E-state index >= 15 is 0 Å². The first kappa shape index (κ1) is 12.5. The summed E-state index contributed by atoms with van der Waals surface area (Å²) in [5.41, 5.74) is 6.17. The molecule has 0 radical (unpaired) electrons. The maximum absolute atomic E-state index is 9.51. The molecule has 0 fully saturated rings. The molecule has 8 heteroatoms. The molecular weight excluding hydrogens is 236 g/mol. The number of methoxy groups -OCH3 is 1. The summed E-state index contributed by atoms with van der Waals surface area (Å²) in [5, 5.41) is 20.0. The fourth-order valence-electron chi connectivity index (χ4n) is 1.62. The molecule has 0 aliphatic carbocycles. The zero-order valence-electron chi connectivity index (χ0n) is 10.1. The first-order chi connectivity index (χ1) is 8.70. The van der Waals surface area contributed by atoms with E-state index in [2.05, 4.69) is 25.5 Å². The minimum Gasteiger partial charge on any atom is -0.391 e. The van der Waals surface area contributed by atoms with Crippen LogP contribution in [0, 0.1) is 0 Å². The van der Waals surface area contributed by atoms with Gasteiger partial charge in [-0.05, 0) is 6.42 Å². The van der Waals surface area contributed by atoms with Crippen molar-refractivity contribution < 1.29 is 9.84 Å². The second-order valence-corrected chi connectivity index (χ2v) is 3.89. The summed E-state index contributed by atoms with van der Waals surface area (Å²) in [5.74, 6) is 0.780. The maximum Gasteiger partial charge on any atom is 0.224 e. The summed E-state index contributed by atoms with van der Waals surface area (Å²) in [6, 6.07) is 0. The summed E-state index contributed by atoms with van der Waals surface area (Å²) in [7, 11) is 1.55. The number of aromatic amines is 1. The van der Waals surface area contributed by atoms with E-state index in [0.29, 0.717) is 31.0 Å². The van der Waals surface area contributed by atoms with Crippen molar-refractivity contribution in [2.45, 2.75) is 12.5 Å². The Labute approximate surface area is 104 Å². The Morgan fingerprint density at radius 2 is 2.39 bits per heavy atom. The normalized spacial score (nSPS) is 12.8. The van der Waals surface area contributed by atoms with Crippen molar-refractivity contribution >= 4 is 22.8 Å². The third-order valence-corrected chi connectivity index (χ3v) is 2.46. The topological polar surface area (TPSA) is 122 Å². The minimum atomic E-state index is -0.499. The first-order valence-corrected chi connectivity index (χ1v) is 5.58. The number of ether oxygens (including phenoxy) is 1. The van der Waals surface area contributed by atoms with E-state index in [4.69, 9.17) is 10.5 Å². The van der Waals surface area contributed by atoms with Crippen LogP contribution in [0.1, 0.15) is 6.42 Å². The Bertz CT molecular complexity index is 514. The molecule has 2 aromatic heterocycles. The number of nitrogen functional groups attached to an aromatic ring is 1. The Balaban J connectivity index is 2.00. The Hall–Kier alpha value is -1.93. The molecule has 0 saturated carbocycles. The van der Waals surface area contributed by atoms with E-state index in [1.807, 2.05) is 0 Å². The van der Waals surface area contributed by atoms with Gasteiger partial charge in [-0.15, -0.1) is 0 Å². The summed E-state index contributed by atoms with van der Waals surface area (Å²) >= 11 is 0. The van der Waals surface area contributed by atoms with Crippen LogP contribution in [0.15, 0.2) is 6.20 Å². The SMILES string of the molecule is COCC(O)CCNc1nc(N)nc2[nH]ncc12. The average Bonchev–Trinajstić information content (AvgIpc) is 2.77. The van der Waals surface area contributed by atoms with Crippen molar-refractivity contribution in [2.24, 2.45) is 0 Å². The third-order valence-electron chi connectivity index (χ3n) is 2.46. The molecule has 0 aliphatic rings. The van der Waals surface area contributed by atoms with Gasteiger partial charge in [0, 0.05) is 13.7 Å². The number of aliphatic hydroxyl groups excluding tert-OH is 1. The van der Waals surface area contributed by atoms with Crippen LogP contribution < -0.4 is 11.1 Å². The fraction of sp³-hybridized carbons (Fsp3) is 0.500. The highest BCUT2D eigenvalue weighted by atomic mass is 16.5. The summed E-state index contributed by atoms with van der Waals surface area (Å²) in [4.78, 5) is 8.11. The molecule has 0 bridgehead atoms. The maximum atomic E-state index is 9.51. The Morgan fingerprint density at radius 1 is 1.56 bits per heavy atom. The number of rotatable bonds is 6. The molecule has 1 unspecified atom stereocenters. The monoisotopic (exact) mass is 252 g/mol. The standard InChI is InChI=1S/C10H16N6O2/c1-18-5-6(17)2-3-12-8-7-4-13-16-9(7)15-10(11)14-8/h4,6,17H,2-3,5H2,1H3,(H4,11,12,13,14,15,16). The van der Waals surface area contributed by atoms with Crippen LogP contribution in [-0.2, 0) is 4.74 Å². The van der Waals surface area contributed by atoms with Crippen LogP contribution in [0.4, 0.5) is 11.8 Å². The van der Waals surface area contributed by atoms with Crippen LogP contribution in [0.2, 0.25) is 0 Å². The lowest BCUT2D eigenvalue weighted by atomic mass is 10.2. The van der Waals surface area contributed by atoms with E-state index in [0.717, 1.165) is 5.39 Å². The van der Waals surface area contributed by atoms with Crippen LogP contribution >= 0.6 is 0 Å². The second kappa shape index (κ2) is 5.61. The molecule has 2 heterocycles. The minimum absolute atomic E-state index is 0.173. The van der Waals surface area contributed by atoms with Gasteiger partial charge in [0.05, 0.1) is 24.3 Å². The number of hydrogen-bond donors (Lipinski definition) is 4. The lowest BCUT2D eigenvalue weighted by Crippen LogP contribution is -2.18. The van der Waals surface area contributed by atoms with E-state index in [1.165, 1.54) is 0 Å². The van der Waals surface area contributed by atoms with Crippen LogP contribution in [0.25, 0.3) is 11.0 Å². The zero-order chi connectivity index (χ0) is 13.0. The van der Waals surface area contributed by atoms with Crippen molar-refractivity contribution in [3.63, 3.8) is 0 Å². The molecular formula is C10H16N6O2. The largest absolute Gasteiger partial charge is 0.391 e. The third kappa shape index (κ3) is 2.84. The zero-order valence-corrected chi connectivity index (χ0v) is 10.1. The Morgan fingerprint density at radius 3 is 3.17 bits per heavy atom. The van der Waals surface area contributed by atoms with Gasteiger partial charge < -0.3 is 20.9 Å². The van der Waals surface area contributed by atoms with Crippen molar-refractivity contribution in [2.75, 3.05) is 31.3 Å². The molecule has 0 aliphatic heterocycles. The number of aliphatic hydroxyl groups is 1. The highest BCUT2D eigenvalue weighted by molar-refractivity contribution is 5.86. The molecule has 5 N–H and O–H groups in total. The van der Waals surface area contributed by atoms with Gasteiger partial charge in [0.2, 0.25) is 5.95 Å². The molecule has 1 atom stereocenters. The quantitative estimate of drug-likeness (QED) is 0.559. The molecule has 0 amide bonds. The number of hydrogen-bond acceptors (Lipinski definition) is 7. The fourth-order valence-corrected chi connectivity index (χ4v) is 1.62. The van der Waals surface area contributed by atoms with Gasteiger partial charge >= 0.3 is 0 Å². The van der Waals surface area contributed by atoms with Crippen LogP contribution in [0.3, 0.4) is 0 Å². The van der Waals surface area contributed by atoms with Gasteiger partial charge in [-0.2, -0.15) is 15.1 Å². The average molecular weight is 252 g/mol. The molecule has 2 aromatic rings. The van der Waals surface area contributed by atoms with Crippen molar-refractivity contribution in [1.82, 2.24) is 20.2 Å². The van der Waals surface area contributed by atoms with Gasteiger partial charge in [-0.3, -0.25) is 5.10 Å². The van der Waals surface area contributed by atoms with Gasteiger partial charge in [-0.1, -0.05) is 0 Å². The van der Waals surface area contributed by atoms with E-state index in [-0.39, 0.29) is 5.95 Å². The first-order valence-electron chi connectivity index (χ1n) is 5.58. The van der Waals surface area contributed by atoms with Gasteiger partial charge in [0.1, 0.15) is 5.82 Å². The number of nitrogens with zero attached hydrogens (tertiary/aromatic N) is 3. The predicted octanol–water partition coefficient (Wildman–Crippen LogP) is -0.256. The molecule has 98 valence electrons. The number of nitrogens with one attached hydrogen (secondary N) is 2. The molecule has 0 saturated heterocycles. The summed E-state index contributed by atoms with van der Waals surface area (Å²) < 4.78 is 4.84. The number of fused-ring (bicyclic) bond motifs is 1. The summed E-state index contributed by atoms with van der Waals surface area (Å²) in [6.07, 6.45) is 1.68. The molecule has 0 aromatic carbocycles. The van der Waals surface area contributed by atoms with E-state index < -0.39 is 6.10 Å². The lowest BCUT2D eigenvalue weighted by molar-refractivity contribution is 0.0615. The van der Waals surface area contributed by atoms with Crippen molar-refractivity contribution in [1.29, 1.82) is 0 Å². The number of nitrogens with two attached hydrogens (primary N) is 1. The second-order valence-electron chi connectivity index (χ2n) is 3.89. The number of aromatic nitrogens is 4.